The van der Waals surface area contributed by atoms with Crippen molar-refractivity contribution in [1.29, 1.82) is 5.26 Å². The lowest BCUT2D eigenvalue weighted by atomic mass is 9.82. The fraction of sp³-hybridized carbons (Fsp3) is 0.207. The maximum absolute atomic E-state index is 13.1. The molecule has 0 aromatic heterocycles. The molecule has 0 fully saturated rings. The van der Waals surface area contributed by atoms with E-state index in [4.69, 9.17) is 21.1 Å². The molecule has 1 heterocycles. The van der Waals surface area contributed by atoms with Gasteiger partial charge in [-0.15, -0.1) is 0 Å². The molecular weight excluding hydrogens is 522 g/mol. The summed E-state index contributed by atoms with van der Waals surface area (Å²) in [5.41, 5.74) is 2.62. The number of carbonyl (C=O) groups excluding carboxylic acids is 2. The number of hydrogen-bond donors (Lipinski definition) is 2. The van der Waals surface area contributed by atoms with Gasteiger partial charge in [-0.2, -0.15) is 5.26 Å². The molecule has 3 aromatic carbocycles. The zero-order valence-corrected chi connectivity index (χ0v) is 22.5. The van der Waals surface area contributed by atoms with Crippen LogP contribution < -0.4 is 10.6 Å². The molecule has 38 heavy (non-hydrogen) atoms. The van der Waals surface area contributed by atoms with Crippen LogP contribution in [0.2, 0.25) is 5.02 Å². The Morgan fingerprint density at radius 1 is 1.08 bits per heavy atom. The molecule has 1 amide bonds. The van der Waals surface area contributed by atoms with E-state index >= 15 is 0 Å². The first kappa shape index (κ1) is 27.3. The van der Waals surface area contributed by atoms with Gasteiger partial charge in [0.2, 0.25) is 5.91 Å². The molecule has 0 saturated carbocycles. The minimum atomic E-state index is -0.683. The molecule has 0 spiro atoms. The third kappa shape index (κ3) is 6.20. The summed E-state index contributed by atoms with van der Waals surface area (Å²) >= 11 is 7.30. The number of carbonyl (C=O) groups is 2. The van der Waals surface area contributed by atoms with Crippen LogP contribution in [0.4, 0.5) is 5.69 Å². The Labute approximate surface area is 230 Å². The second-order valence-corrected chi connectivity index (χ2v) is 9.92. The lowest BCUT2D eigenvalue weighted by molar-refractivity contribution is -0.140. The quantitative estimate of drug-likeness (QED) is 0.260. The summed E-state index contributed by atoms with van der Waals surface area (Å²) in [4.78, 5) is 26.0. The SMILES string of the molecule is COCCOC(=O)C1=C(C)NC(SCC(=O)Nc2cccc3ccccc23)=C(C#N)[C@@H]1c1ccc(Cl)cc1. The number of dihydropyridines is 1. The number of esters is 1. The summed E-state index contributed by atoms with van der Waals surface area (Å²) in [5, 5.41) is 19.3. The summed E-state index contributed by atoms with van der Waals surface area (Å²) in [7, 11) is 1.52. The van der Waals surface area contributed by atoms with Crippen LogP contribution in [0.15, 0.2) is 88.6 Å². The zero-order valence-electron chi connectivity index (χ0n) is 20.9. The van der Waals surface area contributed by atoms with Gasteiger partial charge in [-0.3, -0.25) is 4.79 Å². The van der Waals surface area contributed by atoms with Crippen molar-refractivity contribution in [2.45, 2.75) is 12.8 Å². The third-order valence-corrected chi connectivity index (χ3v) is 7.27. The van der Waals surface area contributed by atoms with Gasteiger partial charge in [0.15, 0.2) is 0 Å². The van der Waals surface area contributed by atoms with Gasteiger partial charge < -0.3 is 20.1 Å². The molecule has 4 rings (SSSR count). The zero-order chi connectivity index (χ0) is 27.1. The van der Waals surface area contributed by atoms with Crippen molar-refractivity contribution in [2.75, 3.05) is 31.4 Å². The molecule has 3 aromatic rings. The van der Waals surface area contributed by atoms with Gasteiger partial charge in [0.05, 0.1) is 40.5 Å². The number of hydrogen-bond acceptors (Lipinski definition) is 7. The van der Waals surface area contributed by atoms with Gasteiger partial charge >= 0.3 is 5.97 Å². The largest absolute Gasteiger partial charge is 0.460 e. The molecule has 1 aliphatic rings. The van der Waals surface area contributed by atoms with Gasteiger partial charge in [0.1, 0.15) is 6.61 Å². The third-order valence-electron chi connectivity index (χ3n) is 6.00. The average molecular weight is 548 g/mol. The number of ether oxygens (including phenoxy) is 2. The van der Waals surface area contributed by atoms with Crippen molar-refractivity contribution in [3.8, 4) is 6.07 Å². The average Bonchev–Trinajstić information content (AvgIpc) is 2.92. The number of nitrogens with zero attached hydrogens (tertiary/aromatic N) is 1. The monoisotopic (exact) mass is 547 g/mol. The number of fused-ring (bicyclic) bond motifs is 1. The van der Waals surface area contributed by atoms with Crippen LogP contribution in [-0.2, 0) is 19.1 Å². The van der Waals surface area contributed by atoms with E-state index in [2.05, 4.69) is 16.7 Å². The van der Waals surface area contributed by atoms with E-state index in [-0.39, 0.29) is 24.9 Å². The van der Waals surface area contributed by atoms with Crippen molar-refractivity contribution < 1.29 is 19.1 Å². The Balaban J connectivity index is 1.59. The molecular formula is C29H26ClN3O4S. The van der Waals surface area contributed by atoms with Crippen molar-refractivity contribution in [3.63, 3.8) is 0 Å². The van der Waals surface area contributed by atoms with E-state index in [1.807, 2.05) is 42.5 Å². The molecule has 0 aliphatic carbocycles. The van der Waals surface area contributed by atoms with Crippen LogP contribution in [0.1, 0.15) is 18.4 Å². The van der Waals surface area contributed by atoms with E-state index < -0.39 is 11.9 Å². The highest BCUT2D eigenvalue weighted by atomic mass is 35.5. The standard InChI is InChI=1S/C29H26ClN3O4S/c1-18-26(29(35)37-15-14-36-2)27(20-10-12-21(30)13-11-20)23(16-31)28(32-18)38-17-25(34)33-24-9-5-7-19-6-3-4-8-22(19)24/h3-13,27,32H,14-15,17H2,1-2H3,(H,33,34)/t27-/m0/s1. The van der Waals surface area contributed by atoms with Gasteiger partial charge in [-0.1, -0.05) is 71.9 Å². The lowest BCUT2D eigenvalue weighted by Gasteiger charge is -2.29. The van der Waals surface area contributed by atoms with E-state index in [1.54, 1.807) is 31.2 Å². The summed E-state index contributed by atoms with van der Waals surface area (Å²) in [6.45, 7) is 2.09. The number of methoxy groups -OCH3 is 1. The molecule has 0 radical (unpaired) electrons. The minimum absolute atomic E-state index is 0.0605. The maximum Gasteiger partial charge on any atom is 0.336 e. The number of nitrogens with one attached hydrogen (secondary N) is 2. The van der Waals surface area contributed by atoms with Crippen LogP contribution in [0.5, 0.6) is 0 Å². The van der Waals surface area contributed by atoms with E-state index in [9.17, 15) is 14.9 Å². The van der Waals surface area contributed by atoms with Crippen molar-refractivity contribution >= 4 is 51.7 Å². The highest BCUT2D eigenvalue weighted by Gasteiger charge is 2.35. The number of amides is 1. The van der Waals surface area contributed by atoms with Gasteiger partial charge in [-0.05, 0) is 36.1 Å². The number of anilines is 1. The topological polar surface area (TPSA) is 100 Å². The molecule has 0 unspecified atom stereocenters. The Morgan fingerprint density at radius 3 is 2.55 bits per heavy atom. The summed E-state index contributed by atoms with van der Waals surface area (Å²) in [5.74, 6) is -1.38. The van der Waals surface area contributed by atoms with Crippen LogP contribution in [-0.4, -0.2) is 38.0 Å². The first-order valence-electron chi connectivity index (χ1n) is 11.9. The van der Waals surface area contributed by atoms with Gasteiger partial charge in [-0.25, -0.2) is 4.79 Å². The van der Waals surface area contributed by atoms with Gasteiger partial charge in [0.25, 0.3) is 0 Å². The van der Waals surface area contributed by atoms with E-state index in [1.165, 1.54) is 18.9 Å². The van der Waals surface area contributed by atoms with Crippen LogP contribution >= 0.6 is 23.4 Å². The Morgan fingerprint density at radius 2 is 1.82 bits per heavy atom. The number of rotatable bonds is 9. The molecule has 1 aliphatic heterocycles. The number of benzene rings is 3. The highest BCUT2D eigenvalue weighted by Crippen LogP contribution is 2.41. The Kier molecular flexibility index (Phi) is 9.08. The lowest BCUT2D eigenvalue weighted by Crippen LogP contribution is -2.29. The summed E-state index contributed by atoms with van der Waals surface area (Å²) in [6, 6.07) is 22.8. The van der Waals surface area contributed by atoms with Crippen molar-refractivity contribution in [1.82, 2.24) is 5.32 Å². The van der Waals surface area contributed by atoms with E-state index in [0.29, 0.717) is 32.5 Å². The smallest absolute Gasteiger partial charge is 0.336 e. The van der Waals surface area contributed by atoms with Gasteiger partial charge in [0, 0.05) is 28.9 Å². The number of thioether (sulfide) groups is 1. The molecule has 7 nitrogen and oxygen atoms in total. The van der Waals surface area contributed by atoms with Crippen molar-refractivity contribution in [2.24, 2.45) is 0 Å². The number of nitriles is 1. The number of allylic oxidation sites excluding steroid dienone is 2. The van der Waals surface area contributed by atoms with Crippen molar-refractivity contribution in [3.05, 3.63) is 99.2 Å². The molecule has 9 heteroatoms. The predicted molar refractivity (Wildman–Crippen MR) is 151 cm³/mol. The first-order valence-corrected chi connectivity index (χ1v) is 13.2. The minimum Gasteiger partial charge on any atom is -0.460 e. The molecule has 2 N–H and O–H groups in total. The predicted octanol–water partition coefficient (Wildman–Crippen LogP) is 5.75. The second-order valence-electron chi connectivity index (χ2n) is 8.50. The highest BCUT2D eigenvalue weighted by molar-refractivity contribution is 8.03. The normalized spacial score (nSPS) is 15.2. The Bertz CT molecular complexity index is 1460. The number of halogens is 1. The summed E-state index contributed by atoms with van der Waals surface area (Å²) < 4.78 is 10.4. The fourth-order valence-corrected chi connectivity index (χ4v) is 5.26. The summed E-state index contributed by atoms with van der Waals surface area (Å²) in [6.07, 6.45) is 0. The fourth-order valence-electron chi connectivity index (χ4n) is 4.24. The van der Waals surface area contributed by atoms with Crippen LogP contribution in [0.3, 0.4) is 0 Å². The van der Waals surface area contributed by atoms with Crippen LogP contribution in [0.25, 0.3) is 10.8 Å². The van der Waals surface area contributed by atoms with E-state index in [0.717, 1.165) is 16.5 Å². The second kappa shape index (κ2) is 12.7. The molecule has 1 atom stereocenters. The molecule has 0 bridgehead atoms. The van der Waals surface area contributed by atoms with Crippen LogP contribution in [0, 0.1) is 11.3 Å². The first-order chi connectivity index (χ1) is 18.4. The Hall–Kier alpha value is -3.77. The molecule has 0 saturated heterocycles. The maximum atomic E-state index is 13.1. The molecule has 194 valence electrons.